The van der Waals surface area contributed by atoms with Gasteiger partial charge in [0.15, 0.2) is 13.9 Å². The summed E-state index contributed by atoms with van der Waals surface area (Å²) in [4.78, 5) is 11.1. The van der Waals surface area contributed by atoms with Gasteiger partial charge in [0, 0.05) is 38.3 Å². The molecule has 9 aromatic carbocycles. The third-order valence-electron chi connectivity index (χ3n) is 12.7. The van der Waals surface area contributed by atoms with E-state index in [1.807, 2.05) is 6.07 Å². The van der Waals surface area contributed by atoms with Crippen molar-refractivity contribution in [3.05, 3.63) is 237 Å². The van der Waals surface area contributed by atoms with Crippen molar-refractivity contribution in [1.29, 1.82) is 0 Å². The second-order valence-corrected chi connectivity index (χ2v) is 19.8. The third-order valence-corrected chi connectivity index (χ3v) is 17.5. The number of aromatic nitrogens is 3. The fourth-order valence-electron chi connectivity index (χ4n) is 9.92. The molecule has 62 heavy (non-hydrogen) atoms. The second kappa shape index (κ2) is 14.7. The highest BCUT2D eigenvalue weighted by Gasteiger charge is 2.52. The summed E-state index contributed by atoms with van der Waals surface area (Å²) in [5.41, 5.74) is 13.5. The monoisotopic (exact) mass is 805 g/mol. The molecule has 0 fully saturated rings. The van der Waals surface area contributed by atoms with Gasteiger partial charge in [-0.05, 0) is 74.2 Å². The zero-order chi connectivity index (χ0) is 41.0. The van der Waals surface area contributed by atoms with Gasteiger partial charge in [-0.25, -0.2) is 9.97 Å². The Kier molecular flexibility index (Phi) is 8.51. The minimum atomic E-state index is -3.10. The smallest absolute Gasteiger partial charge is 0.185 e. The molecular weight excluding hydrogens is 767 g/mol. The molecule has 0 unspecified atom stereocenters. The number of hydrogen-bond acceptors (Lipinski definition) is 2. The van der Waals surface area contributed by atoms with E-state index in [-0.39, 0.29) is 0 Å². The summed E-state index contributed by atoms with van der Waals surface area (Å²) in [7, 11) is -3.10. The summed E-state index contributed by atoms with van der Waals surface area (Å²) in [6.07, 6.45) is 0. The first-order valence-electron chi connectivity index (χ1n) is 21.2. The summed E-state index contributed by atoms with van der Waals surface area (Å²) < 4.78 is 2.48. The summed E-state index contributed by atoms with van der Waals surface area (Å²) in [6.45, 7) is 0. The molecule has 2 aromatic heterocycles. The molecule has 1 aliphatic rings. The molecule has 4 heteroatoms. The average Bonchev–Trinajstić information content (AvgIpc) is 3.85. The van der Waals surface area contributed by atoms with Crippen LogP contribution in [0.2, 0.25) is 0 Å². The molecule has 11 aromatic rings. The molecule has 0 saturated carbocycles. The predicted molar refractivity (Wildman–Crippen MR) is 261 cm³/mol. The van der Waals surface area contributed by atoms with E-state index in [4.69, 9.17) is 9.97 Å². The Balaban J connectivity index is 1.18. The van der Waals surface area contributed by atoms with Crippen LogP contribution >= 0.6 is 0 Å². The normalized spacial score (nSPS) is 12.6. The van der Waals surface area contributed by atoms with E-state index < -0.39 is 8.07 Å². The van der Waals surface area contributed by atoms with Gasteiger partial charge in [-0.1, -0.05) is 200 Å². The largest absolute Gasteiger partial charge is 0.309 e. The zero-order valence-electron chi connectivity index (χ0n) is 33.9. The predicted octanol–water partition coefficient (Wildman–Crippen LogP) is 11.6. The Morgan fingerprint density at radius 2 is 0.774 bits per heavy atom. The first kappa shape index (κ1) is 36.0. The minimum absolute atomic E-state index is 0.731. The van der Waals surface area contributed by atoms with Crippen molar-refractivity contribution >= 4 is 50.6 Å². The first-order chi connectivity index (χ1) is 30.8. The van der Waals surface area contributed by atoms with E-state index in [2.05, 4.69) is 235 Å². The number of nitrogens with zero attached hydrogens (tertiary/aromatic N) is 3. The van der Waals surface area contributed by atoms with Crippen LogP contribution in [0.15, 0.2) is 237 Å². The maximum Gasteiger partial charge on any atom is 0.185 e. The van der Waals surface area contributed by atoms with Crippen molar-refractivity contribution in [2.75, 3.05) is 0 Å². The van der Waals surface area contributed by atoms with Crippen LogP contribution in [0, 0.1) is 0 Å². The van der Waals surface area contributed by atoms with Crippen LogP contribution in [0.25, 0.3) is 83.6 Å². The van der Waals surface area contributed by atoms with E-state index in [1.165, 1.54) is 70.4 Å². The second-order valence-electron chi connectivity index (χ2n) is 16.1. The standard InChI is InChI=1S/C58H39N3Si/c1-7-19-40(20-8-1)44-31-35-52-50(37-44)51-38-45(41-21-9-2-10-22-41)32-36-53(51)61(52)46-33-34-49-54(39-46)62(47-27-15-5-16-28-47,48-29-17-6-18-30-48)57-55(42-23-11-3-12-24-42)59-58(60-56(49)57)43-25-13-4-14-26-43/h1-39H. The summed E-state index contributed by atoms with van der Waals surface area (Å²) >= 11 is 0. The van der Waals surface area contributed by atoms with Crippen molar-refractivity contribution in [2.45, 2.75) is 0 Å². The molecule has 0 N–H and O–H groups in total. The lowest BCUT2D eigenvalue weighted by Gasteiger charge is -2.32. The van der Waals surface area contributed by atoms with Crippen LogP contribution in [-0.2, 0) is 0 Å². The molecule has 3 heterocycles. The van der Waals surface area contributed by atoms with Crippen LogP contribution in [0.3, 0.4) is 0 Å². The van der Waals surface area contributed by atoms with Gasteiger partial charge in [0.1, 0.15) is 0 Å². The fraction of sp³-hybridized carbons (Fsp3) is 0. The molecule has 0 atom stereocenters. The van der Waals surface area contributed by atoms with Gasteiger partial charge in [-0.15, -0.1) is 0 Å². The van der Waals surface area contributed by atoms with Crippen LogP contribution < -0.4 is 20.7 Å². The van der Waals surface area contributed by atoms with Gasteiger partial charge in [-0.3, -0.25) is 0 Å². The van der Waals surface area contributed by atoms with Gasteiger partial charge >= 0.3 is 0 Å². The van der Waals surface area contributed by atoms with Gasteiger partial charge in [0.25, 0.3) is 0 Å². The van der Waals surface area contributed by atoms with E-state index in [9.17, 15) is 0 Å². The van der Waals surface area contributed by atoms with E-state index >= 15 is 0 Å². The van der Waals surface area contributed by atoms with Crippen molar-refractivity contribution in [3.63, 3.8) is 0 Å². The van der Waals surface area contributed by atoms with Crippen molar-refractivity contribution in [2.24, 2.45) is 0 Å². The van der Waals surface area contributed by atoms with Crippen molar-refractivity contribution in [3.8, 4) is 61.8 Å². The Morgan fingerprint density at radius 3 is 1.27 bits per heavy atom. The van der Waals surface area contributed by atoms with Gasteiger partial charge in [0.05, 0.1) is 22.4 Å². The van der Waals surface area contributed by atoms with Crippen molar-refractivity contribution in [1.82, 2.24) is 14.5 Å². The highest BCUT2D eigenvalue weighted by molar-refractivity contribution is 7.22. The molecule has 12 rings (SSSR count). The van der Waals surface area contributed by atoms with Crippen LogP contribution in [0.1, 0.15) is 0 Å². The quantitative estimate of drug-likeness (QED) is 0.150. The summed E-state index contributed by atoms with van der Waals surface area (Å²) in [5.74, 6) is 0.731. The van der Waals surface area contributed by atoms with Crippen molar-refractivity contribution < 1.29 is 0 Å². The van der Waals surface area contributed by atoms with E-state index in [1.54, 1.807) is 0 Å². The van der Waals surface area contributed by atoms with Crippen LogP contribution in [0.4, 0.5) is 0 Å². The van der Waals surface area contributed by atoms with Gasteiger partial charge in [-0.2, -0.15) is 0 Å². The average molecular weight is 806 g/mol. The van der Waals surface area contributed by atoms with Crippen LogP contribution in [-0.4, -0.2) is 22.6 Å². The number of rotatable bonds is 7. The molecule has 0 aliphatic carbocycles. The highest BCUT2D eigenvalue weighted by atomic mass is 28.3. The van der Waals surface area contributed by atoms with Gasteiger partial charge in [0.2, 0.25) is 0 Å². The Labute approximate surface area is 361 Å². The topological polar surface area (TPSA) is 30.7 Å². The lowest BCUT2D eigenvalue weighted by Crippen LogP contribution is -2.73. The molecule has 0 saturated heterocycles. The SMILES string of the molecule is c1ccc(-c2ccc3c(c2)c2cc(-c4ccccc4)ccc2n3-c2ccc3c(c2)[Si](c2ccccc2)(c2ccccc2)c2c(-c4ccccc4)nc(-c4ccccc4)nc2-3)cc1. The molecule has 1 aliphatic heterocycles. The van der Waals surface area contributed by atoms with Crippen LogP contribution in [0.5, 0.6) is 0 Å². The first-order valence-corrected chi connectivity index (χ1v) is 23.2. The summed E-state index contributed by atoms with van der Waals surface area (Å²) in [5, 5.41) is 7.60. The fourth-order valence-corrected chi connectivity index (χ4v) is 15.2. The maximum absolute atomic E-state index is 5.58. The Bertz CT molecular complexity index is 3290. The molecule has 3 nitrogen and oxygen atoms in total. The third kappa shape index (κ3) is 5.65. The number of fused-ring (bicyclic) bond motifs is 6. The lowest BCUT2D eigenvalue weighted by atomic mass is 10.0. The molecule has 0 amide bonds. The number of hydrogen-bond donors (Lipinski definition) is 0. The highest BCUT2D eigenvalue weighted by Crippen LogP contribution is 2.39. The maximum atomic E-state index is 5.58. The molecule has 290 valence electrons. The van der Waals surface area contributed by atoms with E-state index in [0.29, 0.717) is 0 Å². The van der Waals surface area contributed by atoms with Gasteiger partial charge < -0.3 is 4.57 Å². The lowest BCUT2D eigenvalue weighted by molar-refractivity contribution is 1.18. The molecule has 0 bridgehead atoms. The zero-order valence-corrected chi connectivity index (χ0v) is 34.9. The number of benzene rings is 9. The van der Waals surface area contributed by atoms with E-state index in [0.717, 1.165) is 34.0 Å². The Morgan fingerprint density at radius 1 is 0.339 bits per heavy atom. The molecule has 0 spiro atoms. The Hall–Kier alpha value is -7.92. The minimum Gasteiger partial charge on any atom is -0.309 e. The molecular formula is C58H39N3Si. The summed E-state index contributed by atoms with van der Waals surface area (Å²) in [6, 6.07) is 86.0. The molecule has 0 radical (unpaired) electrons.